The van der Waals surface area contributed by atoms with Crippen LogP contribution in [0.15, 0.2) is 211 Å². The third-order valence-electron chi connectivity index (χ3n) is 12.8. The third-order valence-corrected chi connectivity index (χ3v) is 12.8. The molecule has 0 amide bonds. The molecule has 0 saturated heterocycles. The SMILES string of the molecule is CC1(C)c2ccccc2-c2c(-c3ccccc3N(c3cccc(-c4cccc5c4oc4ccccc45)c3)c3ccc4c(c3)c3ccccc3n4-c3ccccc3)cccc21. The van der Waals surface area contributed by atoms with Crippen LogP contribution in [0.3, 0.4) is 0 Å². The van der Waals surface area contributed by atoms with E-state index in [1.54, 1.807) is 0 Å². The molecule has 0 N–H and O–H groups in total. The van der Waals surface area contributed by atoms with Crippen LogP contribution in [0.1, 0.15) is 25.0 Å². The van der Waals surface area contributed by atoms with Gasteiger partial charge in [-0.3, -0.25) is 0 Å². The Hall–Kier alpha value is -7.62. The minimum Gasteiger partial charge on any atom is -0.455 e. The largest absolute Gasteiger partial charge is 0.455 e. The molecule has 0 saturated carbocycles. The van der Waals surface area contributed by atoms with Crippen molar-refractivity contribution in [3.63, 3.8) is 0 Å². The van der Waals surface area contributed by atoms with Crippen LogP contribution in [-0.2, 0) is 5.41 Å². The van der Waals surface area contributed by atoms with Crippen molar-refractivity contribution in [2.45, 2.75) is 19.3 Å². The number of hydrogen-bond donors (Lipinski definition) is 0. The van der Waals surface area contributed by atoms with Crippen molar-refractivity contribution < 1.29 is 4.42 Å². The molecular weight excluding hydrogens is 729 g/mol. The van der Waals surface area contributed by atoms with E-state index in [4.69, 9.17) is 4.42 Å². The van der Waals surface area contributed by atoms with Gasteiger partial charge < -0.3 is 13.9 Å². The lowest BCUT2D eigenvalue weighted by molar-refractivity contribution is 0.660. The van der Waals surface area contributed by atoms with Crippen molar-refractivity contribution in [2.75, 3.05) is 4.90 Å². The number of aromatic nitrogens is 1. The van der Waals surface area contributed by atoms with E-state index in [2.05, 4.69) is 224 Å². The molecule has 2 aromatic heterocycles. The standard InChI is InChI=1S/C57H40N2O/c1-57(2)49-28-10-6-24-47(49)55-45(26-16-29-50(55)57)42-21-7-11-30-51(42)58(39-20-14-17-37(35-39)41-25-15-27-46-44-23-9-13-32-54(44)60-56(41)46)40-33-34-53-48(36-40)43-22-8-12-31-52(43)59(53)38-18-4-3-5-19-38/h3-36H,1-2H3. The van der Waals surface area contributed by atoms with Crippen LogP contribution in [0.4, 0.5) is 17.1 Å². The first-order valence-corrected chi connectivity index (χ1v) is 20.8. The van der Waals surface area contributed by atoms with E-state index in [9.17, 15) is 0 Å². The summed E-state index contributed by atoms with van der Waals surface area (Å²) in [5, 5.41) is 4.67. The summed E-state index contributed by atoms with van der Waals surface area (Å²) >= 11 is 0. The van der Waals surface area contributed by atoms with Gasteiger partial charge in [0.1, 0.15) is 11.2 Å². The van der Waals surface area contributed by atoms with Crippen LogP contribution in [0.5, 0.6) is 0 Å². The highest BCUT2D eigenvalue weighted by Crippen LogP contribution is 2.54. The summed E-state index contributed by atoms with van der Waals surface area (Å²) in [6, 6.07) is 74.9. The van der Waals surface area contributed by atoms with Gasteiger partial charge in [-0.1, -0.05) is 159 Å². The molecule has 0 fully saturated rings. The zero-order valence-corrected chi connectivity index (χ0v) is 33.4. The number of hydrogen-bond acceptors (Lipinski definition) is 2. The normalized spacial score (nSPS) is 13.0. The van der Waals surface area contributed by atoms with E-state index in [1.165, 1.54) is 55.2 Å². The minimum atomic E-state index is -0.111. The number of fused-ring (bicyclic) bond motifs is 9. The lowest BCUT2D eigenvalue weighted by Crippen LogP contribution is -2.15. The fraction of sp³-hybridized carbons (Fsp3) is 0.0526. The van der Waals surface area contributed by atoms with Crippen LogP contribution < -0.4 is 4.90 Å². The smallest absolute Gasteiger partial charge is 0.143 e. The quantitative estimate of drug-likeness (QED) is 0.168. The van der Waals surface area contributed by atoms with E-state index < -0.39 is 0 Å². The molecule has 60 heavy (non-hydrogen) atoms. The first-order chi connectivity index (χ1) is 29.5. The van der Waals surface area contributed by atoms with Gasteiger partial charge in [0, 0.05) is 55.1 Å². The minimum absolute atomic E-state index is 0.111. The fourth-order valence-electron chi connectivity index (χ4n) is 10.0. The summed E-state index contributed by atoms with van der Waals surface area (Å²) in [7, 11) is 0. The number of nitrogens with zero attached hydrogens (tertiary/aromatic N) is 2. The first-order valence-electron chi connectivity index (χ1n) is 20.8. The van der Waals surface area contributed by atoms with Crippen LogP contribution in [0.2, 0.25) is 0 Å². The molecular formula is C57H40N2O. The first kappa shape index (κ1) is 34.4. The topological polar surface area (TPSA) is 21.3 Å². The molecule has 0 unspecified atom stereocenters. The number of furan rings is 1. The van der Waals surface area contributed by atoms with Gasteiger partial charge in [-0.15, -0.1) is 0 Å². The Morgan fingerprint density at radius 1 is 0.433 bits per heavy atom. The van der Waals surface area contributed by atoms with E-state index in [1.807, 2.05) is 6.07 Å². The Kier molecular flexibility index (Phi) is 7.58. The maximum atomic E-state index is 6.58. The van der Waals surface area contributed by atoms with Gasteiger partial charge >= 0.3 is 0 Å². The van der Waals surface area contributed by atoms with Crippen molar-refractivity contribution in [1.29, 1.82) is 0 Å². The van der Waals surface area contributed by atoms with Crippen molar-refractivity contribution in [2.24, 2.45) is 0 Å². The summed E-state index contributed by atoms with van der Waals surface area (Å²) in [5.41, 5.74) is 18.4. The molecule has 1 aliphatic rings. The highest BCUT2D eigenvalue weighted by molar-refractivity contribution is 6.12. The van der Waals surface area contributed by atoms with Crippen LogP contribution in [-0.4, -0.2) is 4.57 Å². The summed E-state index contributed by atoms with van der Waals surface area (Å²) in [6.07, 6.45) is 0. The average Bonchev–Trinajstić information content (AvgIpc) is 3.93. The molecule has 12 rings (SSSR count). The summed E-state index contributed by atoms with van der Waals surface area (Å²) < 4.78 is 8.97. The Balaban J connectivity index is 1.11. The number of rotatable bonds is 6. The van der Waals surface area contributed by atoms with Crippen LogP contribution in [0.25, 0.3) is 82.8 Å². The zero-order chi connectivity index (χ0) is 40.0. The molecule has 0 radical (unpaired) electrons. The average molecular weight is 769 g/mol. The molecule has 1 aliphatic carbocycles. The predicted molar refractivity (Wildman–Crippen MR) is 251 cm³/mol. The van der Waals surface area contributed by atoms with Crippen LogP contribution >= 0.6 is 0 Å². The summed E-state index contributed by atoms with van der Waals surface area (Å²) in [6.45, 7) is 4.71. The second-order valence-corrected chi connectivity index (χ2v) is 16.5. The lowest BCUT2D eigenvalue weighted by Gasteiger charge is -2.29. The Bertz CT molecular complexity index is 3480. The summed E-state index contributed by atoms with van der Waals surface area (Å²) in [5.74, 6) is 0. The predicted octanol–water partition coefficient (Wildman–Crippen LogP) is 15.8. The van der Waals surface area contributed by atoms with Crippen molar-refractivity contribution >= 4 is 60.8 Å². The second kappa shape index (κ2) is 13.2. The number of benzene rings is 9. The molecule has 0 atom stereocenters. The third kappa shape index (κ3) is 5.09. The van der Waals surface area contributed by atoms with E-state index >= 15 is 0 Å². The molecule has 284 valence electrons. The van der Waals surface area contributed by atoms with Gasteiger partial charge in [0.15, 0.2) is 0 Å². The van der Waals surface area contributed by atoms with Crippen molar-refractivity contribution in [1.82, 2.24) is 4.57 Å². The molecule has 3 nitrogen and oxygen atoms in total. The van der Waals surface area contributed by atoms with Gasteiger partial charge in [-0.25, -0.2) is 0 Å². The number of para-hydroxylation sites is 5. The molecule has 9 aromatic carbocycles. The Morgan fingerprint density at radius 3 is 1.97 bits per heavy atom. The van der Waals surface area contributed by atoms with Gasteiger partial charge in [0.2, 0.25) is 0 Å². The monoisotopic (exact) mass is 768 g/mol. The molecule has 2 heterocycles. The zero-order valence-electron chi connectivity index (χ0n) is 33.4. The maximum Gasteiger partial charge on any atom is 0.143 e. The Morgan fingerprint density at radius 2 is 1.07 bits per heavy atom. The highest BCUT2D eigenvalue weighted by Gasteiger charge is 2.37. The molecule has 0 aliphatic heterocycles. The van der Waals surface area contributed by atoms with E-state index in [-0.39, 0.29) is 5.41 Å². The van der Waals surface area contributed by atoms with Gasteiger partial charge in [-0.2, -0.15) is 0 Å². The van der Waals surface area contributed by atoms with Gasteiger partial charge in [0.25, 0.3) is 0 Å². The molecule has 11 aromatic rings. The highest BCUT2D eigenvalue weighted by atomic mass is 16.3. The van der Waals surface area contributed by atoms with E-state index in [0.29, 0.717) is 0 Å². The van der Waals surface area contributed by atoms with E-state index in [0.717, 1.165) is 55.8 Å². The second-order valence-electron chi connectivity index (χ2n) is 16.5. The maximum absolute atomic E-state index is 6.58. The Labute approximate surface area is 349 Å². The summed E-state index contributed by atoms with van der Waals surface area (Å²) in [4.78, 5) is 2.46. The fourth-order valence-corrected chi connectivity index (χ4v) is 10.0. The van der Waals surface area contributed by atoms with Gasteiger partial charge in [0.05, 0.1) is 16.7 Å². The van der Waals surface area contributed by atoms with Gasteiger partial charge in [-0.05, 0) is 94.0 Å². The van der Waals surface area contributed by atoms with Crippen molar-refractivity contribution in [3.8, 4) is 39.1 Å². The molecule has 0 spiro atoms. The molecule has 3 heteroatoms. The number of anilines is 3. The van der Waals surface area contributed by atoms with Crippen molar-refractivity contribution in [3.05, 3.63) is 217 Å². The lowest BCUT2D eigenvalue weighted by atomic mass is 9.82. The van der Waals surface area contributed by atoms with Crippen LogP contribution in [0, 0.1) is 0 Å². The molecule has 0 bridgehead atoms.